The molecule has 0 saturated heterocycles. The molecule has 0 aliphatic carbocycles. The lowest BCUT2D eigenvalue weighted by molar-refractivity contribution is 0.143. The molecule has 0 saturated carbocycles. The number of benzene rings is 2. The van der Waals surface area contributed by atoms with Gasteiger partial charge < -0.3 is 8.85 Å². The van der Waals surface area contributed by atoms with Crippen molar-refractivity contribution in [2.45, 2.75) is 39.0 Å². The van der Waals surface area contributed by atoms with E-state index in [-0.39, 0.29) is 14.0 Å². The molecule has 0 spiro atoms. The van der Waals surface area contributed by atoms with Crippen molar-refractivity contribution >= 4 is 27.1 Å². The maximum absolute atomic E-state index is 6.10. The minimum atomic E-state index is -1.94. The molecule has 0 heterocycles. The second-order valence-electron chi connectivity index (χ2n) is 6.50. The zero-order chi connectivity index (χ0) is 17.4. The van der Waals surface area contributed by atoms with E-state index in [0.717, 1.165) is 6.42 Å². The molecule has 2 rings (SSSR count). The van der Waals surface area contributed by atoms with Crippen molar-refractivity contribution in [1.82, 2.24) is 0 Å². The third kappa shape index (κ3) is 6.14. The lowest BCUT2D eigenvalue weighted by atomic mass is 10.2. The molecule has 24 heavy (non-hydrogen) atoms. The molecule has 0 radical (unpaired) electrons. The van der Waals surface area contributed by atoms with Gasteiger partial charge in [0.15, 0.2) is 0 Å². The third-order valence-electron chi connectivity index (χ3n) is 4.10. The van der Waals surface area contributed by atoms with Gasteiger partial charge in [-0.2, -0.15) is 0 Å². The molecule has 0 amide bonds. The van der Waals surface area contributed by atoms with Crippen molar-refractivity contribution in [3.05, 3.63) is 60.7 Å². The summed E-state index contributed by atoms with van der Waals surface area (Å²) < 4.78 is 11.6. The average molecular weight is 361 g/mol. The first-order chi connectivity index (χ1) is 11.5. The summed E-state index contributed by atoms with van der Waals surface area (Å²) in [5, 5.41) is 2.91. The fraction of sp³-hybridized carbons (Fsp3) is 0.400. The van der Waals surface area contributed by atoms with Crippen LogP contribution < -0.4 is 10.6 Å². The van der Waals surface area contributed by atoms with E-state index in [0.29, 0.717) is 0 Å². The molecule has 0 fully saturated rings. The summed E-state index contributed by atoms with van der Waals surface area (Å²) in [6.07, 6.45) is 3.71. The molecule has 1 unspecified atom stereocenters. The topological polar surface area (TPSA) is 18.5 Å². The smallest absolute Gasteiger partial charge is 0.331 e. The van der Waals surface area contributed by atoms with Crippen LogP contribution in [0.3, 0.4) is 0 Å². The maximum Gasteiger partial charge on any atom is 0.331 e. The van der Waals surface area contributed by atoms with Gasteiger partial charge in [0.25, 0.3) is 0 Å². The van der Waals surface area contributed by atoms with Crippen molar-refractivity contribution in [2.75, 3.05) is 13.3 Å². The summed E-state index contributed by atoms with van der Waals surface area (Å²) in [6, 6.07) is 21.8. The molecule has 0 aromatic heterocycles. The maximum atomic E-state index is 6.10. The first-order valence-electron chi connectivity index (χ1n) is 8.62. The molecule has 130 valence electrons. The summed E-state index contributed by atoms with van der Waals surface area (Å²) in [5.74, 6) is 0. The monoisotopic (exact) mass is 360 g/mol. The summed E-state index contributed by atoms with van der Waals surface area (Å²) in [6.45, 7) is 6.37. The quantitative estimate of drug-likeness (QED) is 0.479. The highest BCUT2D eigenvalue weighted by atomic mass is 31.1. The van der Waals surface area contributed by atoms with Crippen LogP contribution in [0.25, 0.3) is 0 Å². The van der Waals surface area contributed by atoms with E-state index >= 15 is 0 Å². The van der Waals surface area contributed by atoms with Gasteiger partial charge in [0.2, 0.25) is 0 Å². The van der Waals surface area contributed by atoms with Crippen LogP contribution in [0.2, 0.25) is 13.1 Å². The van der Waals surface area contributed by atoms with E-state index in [9.17, 15) is 0 Å². The van der Waals surface area contributed by atoms with Crippen LogP contribution in [0.5, 0.6) is 0 Å². The second kappa shape index (κ2) is 9.48. The van der Waals surface area contributed by atoms with Gasteiger partial charge in [0.05, 0.1) is 0 Å². The van der Waals surface area contributed by atoms with E-state index in [2.05, 4.69) is 80.7 Å². The fourth-order valence-electron chi connectivity index (χ4n) is 2.75. The van der Waals surface area contributed by atoms with Crippen LogP contribution in [-0.2, 0) is 8.85 Å². The molecule has 4 heteroatoms. The Labute approximate surface area is 149 Å². The van der Waals surface area contributed by atoms with Gasteiger partial charge in [-0.05, 0) is 57.6 Å². The first kappa shape index (κ1) is 19.3. The predicted molar refractivity (Wildman–Crippen MR) is 108 cm³/mol. The molecule has 1 atom stereocenters. The van der Waals surface area contributed by atoms with Crippen molar-refractivity contribution in [3.8, 4) is 0 Å². The Morgan fingerprint density at radius 1 is 0.917 bits per heavy atom. The van der Waals surface area contributed by atoms with Crippen LogP contribution in [0.15, 0.2) is 60.7 Å². The van der Waals surface area contributed by atoms with Crippen molar-refractivity contribution in [2.24, 2.45) is 0 Å². The summed E-state index contributed by atoms with van der Waals surface area (Å²) in [4.78, 5) is 0. The highest BCUT2D eigenvalue weighted by Crippen LogP contribution is 2.34. The van der Waals surface area contributed by atoms with Crippen LogP contribution in [0, 0.1) is 0 Å². The summed E-state index contributed by atoms with van der Waals surface area (Å²) in [7, 11) is -0.481. The highest BCUT2D eigenvalue weighted by Gasteiger charge is 2.25. The van der Waals surface area contributed by atoms with Gasteiger partial charge in [-0.3, -0.25) is 0 Å². The lowest BCUT2D eigenvalue weighted by Gasteiger charge is -2.26. The van der Waals surface area contributed by atoms with Crippen molar-refractivity contribution < 1.29 is 8.85 Å². The Hall–Kier alpha value is -0.993. The Balaban J connectivity index is 1.97. The molecule has 0 aliphatic rings. The molecule has 0 N–H and O–H groups in total. The van der Waals surface area contributed by atoms with Crippen LogP contribution in [-0.4, -0.2) is 27.9 Å². The molecule has 2 aromatic carbocycles. The Morgan fingerprint density at radius 3 is 1.88 bits per heavy atom. The molecular formula is C20H29O2PSi. The van der Waals surface area contributed by atoms with Crippen LogP contribution in [0.1, 0.15) is 19.8 Å². The SMILES string of the molecule is CO[Si](C)(C)OC(C)CCCP(c1ccccc1)c1ccccc1. The van der Waals surface area contributed by atoms with E-state index in [1.54, 1.807) is 7.11 Å². The summed E-state index contributed by atoms with van der Waals surface area (Å²) >= 11 is 0. The molecule has 0 aliphatic heterocycles. The van der Waals surface area contributed by atoms with E-state index in [1.165, 1.54) is 23.2 Å². The van der Waals surface area contributed by atoms with Gasteiger partial charge in [0.1, 0.15) is 0 Å². The first-order valence-corrected chi connectivity index (χ1v) is 13.0. The lowest BCUT2D eigenvalue weighted by Crippen LogP contribution is -2.37. The normalized spacial score (nSPS) is 13.2. The highest BCUT2D eigenvalue weighted by molar-refractivity contribution is 7.73. The molecule has 2 nitrogen and oxygen atoms in total. The number of hydrogen-bond acceptors (Lipinski definition) is 2. The van der Waals surface area contributed by atoms with Gasteiger partial charge in [-0.25, -0.2) is 0 Å². The van der Waals surface area contributed by atoms with Crippen molar-refractivity contribution in [3.63, 3.8) is 0 Å². The predicted octanol–water partition coefficient (Wildman–Crippen LogP) is 4.65. The fourth-order valence-corrected chi connectivity index (χ4v) is 6.31. The number of rotatable bonds is 9. The van der Waals surface area contributed by atoms with Gasteiger partial charge in [-0.1, -0.05) is 60.7 Å². The zero-order valence-electron chi connectivity index (χ0n) is 15.2. The Bertz CT molecular complexity index is 550. The minimum Gasteiger partial charge on any atom is -0.398 e. The largest absolute Gasteiger partial charge is 0.398 e. The van der Waals surface area contributed by atoms with Gasteiger partial charge in [0, 0.05) is 13.2 Å². The third-order valence-corrected chi connectivity index (χ3v) is 8.66. The molecule has 0 bridgehead atoms. The van der Waals surface area contributed by atoms with Gasteiger partial charge >= 0.3 is 8.56 Å². The Morgan fingerprint density at radius 2 is 1.42 bits per heavy atom. The van der Waals surface area contributed by atoms with E-state index in [4.69, 9.17) is 8.85 Å². The van der Waals surface area contributed by atoms with Crippen molar-refractivity contribution in [1.29, 1.82) is 0 Å². The average Bonchev–Trinajstić information content (AvgIpc) is 2.60. The molecule has 2 aromatic rings. The standard InChI is InChI=1S/C20H29O2PSi/c1-18(22-24(3,4)21-2)12-11-17-23(19-13-7-5-8-14-19)20-15-9-6-10-16-20/h5-10,13-16,18H,11-12,17H2,1-4H3. The van der Waals surface area contributed by atoms with E-state index < -0.39 is 8.56 Å². The van der Waals surface area contributed by atoms with Crippen LogP contribution >= 0.6 is 7.92 Å². The van der Waals surface area contributed by atoms with Crippen LogP contribution in [0.4, 0.5) is 0 Å². The zero-order valence-corrected chi connectivity index (χ0v) is 17.1. The minimum absolute atomic E-state index is 0.259. The summed E-state index contributed by atoms with van der Waals surface area (Å²) in [5.41, 5.74) is 0. The van der Waals surface area contributed by atoms with E-state index in [1.807, 2.05) is 0 Å². The Kier molecular flexibility index (Phi) is 7.64. The second-order valence-corrected chi connectivity index (χ2v) is 12.3. The number of hydrogen-bond donors (Lipinski definition) is 0. The molecular weight excluding hydrogens is 331 g/mol. The van der Waals surface area contributed by atoms with Gasteiger partial charge in [-0.15, -0.1) is 0 Å².